The number of nitro groups is 1. The van der Waals surface area contributed by atoms with Gasteiger partial charge in [0.25, 0.3) is 5.69 Å². The number of likely N-dealkylation sites (N-methyl/N-ethyl adjacent to an activating group) is 1. The molecule has 1 aliphatic heterocycles. The van der Waals surface area contributed by atoms with Crippen molar-refractivity contribution in [3.05, 3.63) is 82.4 Å². The summed E-state index contributed by atoms with van der Waals surface area (Å²) in [7, 11) is 4.02. The predicted molar refractivity (Wildman–Crippen MR) is 122 cm³/mol. The summed E-state index contributed by atoms with van der Waals surface area (Å²) in [5, 5.41) is 15.5. The van der Waals surface area contributed by atoms with Gasteiger partial charge in [0.15, 0.2) is 5.11 Å². The minimum atomic E-state index is -0.399. The average Bonchev–Trinajstić information content (AvgIpc) is 3.37. The first-order valence-electron chi connectivity index (χ1n) is 9.92. The average molecular weight is 438 g/mol. The molecule has 31 heavy (non-hydrogen) atoms. The molecule has 0 radical (unpaired) electrons. The Hall–Kier alpha value is -3.30. The summed E-state index contributed by atoms with van der Waals surface area (Å²) in [4.78, 5) is 19.8. The van der Waals surface area contributed by atoms with E-state index in [9.17, 15) is 10.1 Å². The Morgan fingerprint density at radius 2 is 1.97 bits per heavy atom. The third-order valence-electron chi connectivity index (χ3n) is 5.27. The third-order valence-corrected chi connectivity index (χ3v) is 5.62. The summed E-state index contributed by atoms with van der Waals surface area (Å²) in [6.45, 7) is 1.51. The van der Waals surface area contributed by atoms with Crippen molar-refractivity contribution in [1.82, 2.24) is 20.1 Å². The molecular weight excluding hydrogens is 414 g/mol. The van der Waals surface area contributed by atoms with Gasteiger partial charge in [0.1, 0.15) is 17.6 Å². The number of aromatic nitrogens is 1. The summed E-state index contributed by atoms with van der Waals surface area (Å²) < 4.78 is 6.19. The number of pyridine rings is 1. The quantitative estimate of drug-likeness (QED) is 0.339. The smallest absolute Gasteiger partial charge is 0.280 e. The van der Waals surface area contributed by atoms with Crippen molar-refractivity contribution in [3.8, 4) is 11.3 Å². The lowest BCUT2D eigenvalue weighted by atomic mass is 10.0. The van der Waals surface area contributed by atoms with Crippen molar-refractivity contribution in [3.63, 3.8) is 0 Å². The molecule has 2 aromatic heterocycles. The van der Waals surface area contributed by atoms with Crippen LogP contribution in [0.1, 0.15) is 23.5 Å². The SMILES string of the molecule is CN(C)CCN1C(=S)N[C@@H](c2ccccn2)[C@H]1c1ccc(-c2ccccc2[N+](=O)[O-])o1. The maximum absolute atomic E-state index is 11.5. The van der Waals surface area contributed by atoms with Gasteiger partial charge in [-0.3, -0.25) is 15.1 Å². The number of hydrogen-bond donors (Lipinski definition) is 1. The first-order valence-corrected chi connectivity index (χ1v) is 10.3. The molecule has 0 bridgehead atoms. The Morgan fingerprint density at radius 1 is 1.19 bits per heavy atom. The molecule has 0 aliphatic carbocycles. The first kappa shape index (κ1) is 21.0. The van der Waals surface area contributed by atoms with Gasteiger partial charge in [-0.2, -0.15) is 0 Å². The number of thiocarbonyl (C=S) groups is 1. The van der Waals surface area contributed by atoms with E-state index in [0.29, 0.717) is 28.7 Å². The van der Waals surface area contributed by atoms with Crippen molar-refractivity contribution in [1.29, 1.82) is 0 Å². The lowest BCUT2D eigenvalue weighted by Gasteiger charge is -2.27. The normalized spacial score (nSPS) is 18.4. The Balaban J connectivity index is 1.73. The molecular formula is C22H23N5O3S. The van der Waals surface area contributed by atoms with E-state index < -0.39 is 4.92 Å². The molecule has 0 spiro atoms. The zero-order valence-corrected chi connectivity index (χ0v) is 18.1. The van der Waals surface area contributed by atoms with E-state index in [1.807, 2.05) is 38.4 Å². The standard InChI is InChI=1S/C22H23N5O3S/c1-25(2)13-14-26-21(20(24-22(26)31)16-8-5-6-12-23-16)19-11-10-18(30-19)15-7-3-4-9-17(15)27(28)29/h3-12,20-21H,13-14H2,1-2H3,(H,24,31)/t20-,21+/m0/s1. The van der Waals surface area contributed by atoms with Gasteiger partial charge in [-0.15, -0.1) is 0 Å². The summed E-state index contributed by atoms with van der Waals surface area (Å²) in [6.07, 6.45) is 1.75. The molecule has 8 nitrogen and oxygen atoms in total. The van der Waals surface area contributed by atoms with E-state index in [2.05, 4.69) is 20.1 Å². The lowest BCUT2D eigenvalue weighted by molar-refractivity contribution is -0.384. The van der Waals surface area contributed by atoms with Crippen molar-refractivity contribution in [2.75, 3.05) is 27.2 Å². The van der Waals surface area contributed by atoms with E-state index in [0.717, 1.165) is 12.2 Å². The molecule has 0 amide bonds. The van der Waals surface area contributed by atoms with E-state index >= 15 is 0 Å². The van der Waals surface area contributed by atoms with Gasteiger partial charge in [0.2, 0.25) is 0 Å². The molecule has 9 heteroatoms. The van der Waals surface area contributed by atoms with E-state index in [-0.39, 0.29) is 17.8 Å². The van der Waals surface area contributed by atoms with Crippen LogP contribution in [0.4, 0.5) is 5.69 Å². The van der Waals surface area contributed by atoms with Crippen LogP contribution in [0.15, 0.2) is 65.2 Å². The van der Waals surface area contributed by atoms with Gasteiger partial charge in [0, 0.05) is 25.4 Å². The highest BCUT2D eigenvalue weighted by Gasteiger charge is 2.41. The molecule has 2 atom stereocenters. The van der Waals surface area contributed by atoms with Gasteiger partial charge in [0.05, 0.1) is 22.2 Å². The summed E-state index contributed by atoms with van der Waals surface area (Å²) >= 11 is 5.64. The fraction of sp³-hybridized carbons (Fsp3) is 0.273. The molecule has 1 fully saturated rings. The largest absolute Gasteiger partial charge is 0.459 e. The molecule has 160 valence electrons. The molecule has 1 N–H and O–H groups in total. The van der Waals surface area contributed by atoms with Gasteiger partial charge in [-0.1, -0.05) is 18.2 Å². The van der Waals surface area contributed by atoms with Crippen LogP contribution in [0.25, 0.3) is 11.3 Å². The predicted octanol–water partition coefficient (Wildman–Crippen LogP) is 3.78. The van der Waals surface area contributed by atoms with Gasteiger partial charge in [-0.05, 0) is 56.6 Å². The first-order chi connectivity index (χ1) is 15.0. The van der Waals surface area contributed by atoms with Gasteiger partial charge >= 0.3 is 0 Å². The van der Waals surface area contributed by atoms with Crippen molar-refractivity contribution in [2.45, 2.75) is 12.1 Å². The van der Waals surface area contributed by atoms with Crippen molar-refractivity contribution in [2.24, 2.45) is 0 Å². The second-order valence-corrected chi connectivity index (χ2v) is 7.99. The summed E-state index contributed by atoms with van der Waals surface area (Å²) in [5.41, 5.74) is 1.31. The second kappa shape index (κ2) is 8.83. The van der Waals surface area contributed by atoms with Crippen LogP contribution >= 0.6 is 12.2 Å². The second-order valence-electron chi connectivity index (χ2n) is 7.60. The fourth-order valence-corrected chi connectivity index (χ4v) is 4.09. The highest BCUT2D eigenvalue weighted by molar-refractivity contribution is 7.80. The van der Waals surface area contributed by atoms with Crippen LogP contribution in [-0.2, 0) is 0 Å². The molecule has 3 heterocycles. The van der Waals surface area contributed by atoms with E-state index in [1.54, 1.807) is 30.5 Å². The van der Waals surface area contributed by atoms with Gasteiger partial charge in [-0.25, -0.2) is 0 Å². The Kier molecular flexibility index (Phi) is 5.97. The monoisotopic (exact) mass is 437 g/mol. The van der Waals surface area contributed by atoms with Crippen molar-refractivity contribution >= 4 is 23.0 Å². The third kappa shape index (κ3) is 4.28. The minimum Gasteiger partial charge on any atom is -0.459 e. The molecule has 0 unspecified atom stereocenters. The van der Waals surface area contributed by atoms with E-state index in [1.165, 1.54) is 6.07 Å². The van der Waals surface area contributed by atoms with E-state index in [4.69, 9.17) is 16.6 Å². The summed E-state index contributed by atoms with van der Waals surface area (Å²) in [6, 6.07) is 15.6. The number of hydrogen-bond acceptors (Lipinski definition) is 6. The topological polar surface area (TPSA) is 87.7 Å². The number of nitro benzene ring substituents is 1. The number of nitrogens with one attached hydrogen (secondary N) is 1. The Bertz CT molecular complexity index is 1090. The molecule has 1 aromatic carbocycles. The highest BCUT2D eigenvalue weighted by atomic mass is 32.1. The maximum Gasteiger partial charge on any atom is 0.280 e. The highest BCUT2D eigenvalue weighted by Crippen LogP contribution is 2.41. The number of benzene rings is 1. The maximum atomic E-state index is 11.5. The molecule has 3 aromatic rings. The Morgan fingerprint density at radius 3 is 2.68 bits per heavy atom. The Labute approximate surface area is 185 Å². The van der Waals surface area contributed by atoms with Crippen LogP contribution < -0.4 is 5.32 Å². The van der Waals surface area contributed by atoms with Crippen LogP contribution in [-0.4, -0.2) is 52.0 Å². The van der Waals surface area contributed by atoms with Crippen LogP contribution in [0.5, 0.6) is 0 Å². The zero-order chi connectivity index (χ0) is 22.0. The van der Waals surface area contributed by atoms with Crippen molar-refractivity contribution < 1.29 is 9.34 Å². The lowest BCUT2D eigenvalue weighted by Crippen LogP contribution is -2.35. The minimum absolute atomic E-state index is 0.00853. The number of furan rings is 1. The molecule has 4 rings (SSSR count). The fourth-order valence-electron chi connectivity index (χ4n) is 3.76. The van der Waals surface area contributed by atoms with Gasteiger partial charge < -0.3 is 19.5 Å². The number of nitrogens with zero attached hydrogens (tertiary/aromatic N) is 4. The molecule has 1 aliphatic rings. The van der Waals surface area contributed by atoms with Crippen LogP contribution in [0.3, 0.4) is 0 Å². The summed E-state index contributed by atoms with van der Waals surface area (Å²) in [5.74, 6) is 1.13. The van der Waals surface area contributed by atoms with Crippen LogP contribution in [0, 0.1) is 10.1 Å². The van der Waals surface area contributed by atoms with Crippen LogP contribution in [0.2, 0.25) is 0 Å². The number of rotatable bonds is 7. The number of para-hydroxylation sites is 1. The molecule has 1 saturated heterocycles. The molecule has 0 saturated carbocycles. The zero-order valence-electron chi connectivity index (χ0n) is 17.3.